The molecule has 0 saturated carbocycles. The highest BCUT2D eigenvalue weighted by atomic mass is 16.5. The highest BCUT2D eigenvalue weighted by molar-refractivity contribution is 5.80. The van der Waals surface area contributed by atoms with Crippen LogP contribution in [0.3, 0.4) is 0 Å². The van der Waals surface area contributed by atoms with Crippen LogP contribution in [0.25, 0.3) is 0 Å². The summed E-state index contributed by atoms with van der Waals surface area (Å²) in [5.74, 6) is -1.35. The van der Waals surface area contributed by atoms with Crippen molar-refractivity contribution in [1.82, 2.24) is 4.90 Å². The molecule has 2 fully saturated rings. The van der Waals surface area contributed by atoms with E-state index in [1.165, 1.54) is 0 Å². The smallest absolute Gasteiger partial charge is 0.311 e. The molecule has 2 rings (SSSR count). The minimum atomic E-state index is -0.868. The van der Waals surface area contributed by atoms with Gasteiger partial charge in [0.1, 0.15) is 5.92 Å². The third kappa shape index (κ3) is 1.48. The van der Waals surface area contributed by atoms with Gasteiger partial charge in [-0.25, -0.2) is 0 Å². The van der Waals surface area contributed by atoms with Crippen molar-refractivity contribution in [1.29, 1.82) is 0 Å². The standard InChI is InChI=1S/C9H13NO4/c11-8-2-1-3-10(8)7-5-14-4-6(7)9(12)13/h6-7H,1-5H2,(H,12,13). The summed E-state index contributed by atoms with van der Waals surface area (Å²) in [7, 11) is 0. The van der Waals surface area contributed by atoms with Crippen LogP contribution in [0.2, 0.25) is 0 Å². The molecule has 2 aliphatic rings. The van der Waals surface area contributed by atoms with Crippen molar-refractivity contribution in [2.45, 2.75) is 18.9 Å². The Morgan fingerprint density at radius 1 is 1.50 bits per heavy atom. The molecule has 14 heavy (non-hydrogen) atoms. The number of rotatable bonds is 2. The van der Waals surface area contributed by atoms with Gasteiger partial charge in [0.2, 0.25) is 5.91 Å². The molecule has 2 saturated heterocycles. The van der Waals surface area contributed by atoms with Gasteiger partial charge in [0.15, 0.2) is 0 Å². The second-order valence-corrected chi connectivity index (χ2v) is 3.74. The van der Waals surface area contributed by atoms with E-state index in [-0.39, 0.29) is 18.6 Å². The molecule has 5 heteroatoms. The summed E-state index contributed by atoms with van der Waals surface area (Å²) in [4.78, 5) is 23.9. The number of carbonyl (C=O) groups is 2. The maximum atomic E-state index is 11.4. The normalized spacial score (nSPS) is 32.6. The van der Waals surface area contributed by atoms with Crippen molar-refractivity contribution < 1.29 is 19.4 Å². The number of hydrogen-bond acceptors (Lipinski definition) is 3. The first-order valence-electron chi connectivity index (χ1n) is 4.80. The zero-order valence-corrected chi connectivity index (χ0v) is 7.81. The third-order valence-corrected chi connectivity index (χ3v) is 2.88. The predicted molar refractivity (Wildman–Crippen MR) is 46.7 cm³/mol. The van der Waals surface area contributed by atoms with Crippen molar-refractivity contribution in [3.05, 3.63) is 0 Å². The van der Waals surface area contributed by atoms with Crippen LogP contribution in [0, 0.1) is 5.92 Å². The van der Waals surface area contributed by atoms with Gasteiger partial charge in [0.25, 0.3) is 0 Å². The summed E-state index contributed by atoms with van der Waals surface area (Å²) in [6, 6.07) is -0.248. The van der Waals surface area contributed by atoms with Gasteiger partial charge in [0, 0.05) is 13.0 Å². The van der Waals surface area contributed by atoms with Gasteiger partial charge in [-0.05, 0) is 6.42 Å². The zero-order chi connectivity index (χ0) is 10.1. The summed E-state index contributed by atoms with van der Waals surface area (Å²) < 4.78 is 5.12. The molecule has 2 unspecified atom stereocenters. The van der Waals surface area contributed by atoms with Crippen LogP contribution in [0.1, 0.15) is 12.8 Å². The van der Waals surface area contributed by atoms with E-state index < -0.39 is 11.9 Å². The monoisotopic (exact) mass is 199 g/mol. The molecule has 0 spiro atoms. The quantitative estimate of drug-likeness (QED) is 0.663. The highest BCUT2D eigenvalue weighted by Gasteiger charge is 2.41. The first-order valence-corrected chi connectivity index (χ1v) is 4.80. The van der Waals surface area contributed by atoms with Crippen molar-refractivity contribution >= 4 is 11.9 Å². The molecular formula is C9H13NO4. The Bertz CT molecular complexity index is 266. The summed E-state index contributed by atoms with van der Waals surface area (Å²) in [6.45, 7) is 1.27. The maximum Gasteiger partial charge on any atom is 0.311 e. The second-order valence-electron chi connectivity index (χ2n) is 3.74. The number of carboxylic acids is 1. The minimum Gasteiger partial charge on any atom is -0.481 e. The molecule has 0 bridgehead atoms. The maximum absolute atomic E-state index is 11.4. The lowest BCUT2D eigenvalue weighted by molar-refractivity contribution is -0.144. The van der Waals surface area contributed by atoms with E-state index in [1.807, 2.05) is 0 Å². The van der Waals surface area contributed by atoms with Crippen LogP contribution in [-0.4, -0.2) is 47.7 Å². The van der Waals surface area contributed by atoms with E-state index in [4.69, 9.17) is 9.84 Å². The molecule has 1 amide bonds. The summed E-state index contributed by atoms with van der Waals surface area (Å²) in [6.07, 6.45) is 1.38. The van der Waals surface area contributed by atoms with E-state index in [0.29, 0.717) is 19.6 Å². The minimum absolute atomic E-state index is 0.0618. The second kappa shape index (κ2) is 3.57. The number of nitrogens with zero attached hydrogens (tertiary/aromatic N) is 1. The lowest BCUT2D eigenvalue weighted by atomic mass is 10.0. The SMILES string of the molecule is O=C(O)C1COCC1N1CCCC1=O. The van der Waals surface area contributed by atoms with Crippen LogP contribution in [0.4, 0.5) is 0 Å². The fourth-order valence-corrected chi connectivity index (χ4v) is 2.11. The van der Waals surface area contributed by atoms with Gasteiger partial charge in [0.05, 0.1) is 19.3 Å². The van der Waals surface area contributed by atoms with E-state index >= 15 is 0 Å². The van der Waals surface area contributed by atoms with E-state index in [2.05, 4.69) is 0 Å². The average Bonchev–Trinajstić information content (AvgIpc) is 2.70. The number of amides is 1. The van der Waals surface area contributed by atoms with Crippen molar-refractivity contribution in [3.8, 4) is 0 Å². The predicted octanol–water partition coefficient (Wildman–Crippen LogP) is -0.292. The highest BCUT2D eigenvalue weighted by Crippen LogP contribution is 2.24. The molecule has 2 atom stereocenters. The van der Waals surface area contributed by atoms with Crippen LogP contribution in [0.5, 0.6) is 0 Å². The Morgan fingerprint density at radius 3 is 2.86 bits per heavy atom. The number of likely N-dealkylation sites (tertiary alicyclic amines) is 1. The number of ether oxygens (including phenoxy) is 1. The fourth-order valence-electron chi connectivity index (χ4n) is 2.11. The number of carbonyl (C=O) groups excluding carboxylic acids is 1. The molecule has 0 aromatic rings. The largest absolute Gasteiger partial charge is 0.481 e. The molecule has 78 valence electrons. The van der Waals surface area contributed by atoms with E-state index in [1.54, 1.807) is 4.90 Å². The molecule has 2 heterocycles. The number of carboxylic acid groups (broad SMARTS) is 1. The molecule has 1 N–H and O–H groups in total. The van der Waals surface area contributed by atoms with Crippen molar-refractivity contribution in [2.24, 2.45) is 5.92 Å². The summed E-state index contributed by atoms with van der Waals surface area (Å²) in [5, 5.41) is 8.91. The first kappa shape index (κ1) is 9.45. The number of aliphatic carboxylic acids is 1. The van der Waals surface area contributed by atoms with Crippen molar-refractivity contribution in [3.63, 3.8) is 0 Å². The fraction of sp³-hybridized carbons (Fsp3) is 0.778. The molecule has 0 radical (unpaired) electrons. The van der Waals surface area contributed by atoms with Gasteiger partial charge in [-0.3, -0.25) is 9.59 Å². The summed E-state index contributed by atoms with van der Waals surface area (Å²) >= 11 is 0. The van der Waals surface area contributed by atoms with Gasteiger partial charge in [-0.1, -0.05) is 0 Å². The van der Waals surface area contributed by atoms with Crippen LogP contribution < -0.4 is 0 Å². The van der Waals surface area contributed by atoms with Gasteiger partial charge in [-0.2, -0.15) is 0 Å². The number of hydrogen-bond donors (Lipinski definition) is 1. The Kier molecular flexibility index (Phi) is 2.41. The Labute approximate surface area is 81.6 Å². The molecular weight excluding hydrogens is 186 g/mol. The lowest BCUT2D eigenvalue weighted by Crippen LogP contribution is -2.43. The third-order valence-electron chi connectivity index (χ3n) is 2.88. The molecule has 5 nitrogen and oxygen atoms in total. The molecule has 2 aliphatic heterocycles. The Morgan fingerprint density at radius 2 is 2.29 bits per heavy atom. The van der Waals surface area contributed by atoms with Gasteiger partial charge >= 0.3 is 5.97 Å². The van der Waals surface area contributed by atoms with Crippen LogP contribution >= 0.6 is 0 Å². The summed E-state index contributed by atoms with van der Waals surface area (Å²) in [5.41, 5.74) is 0. The van der Waals surface area contributed by atoms with E-state index in [9.17, 15) is 9.59 Å². The zero-order valence-electron chi connectivity index (χ0n) is 7.81. The topological polar surface area (TPSA) is 66.8 Å². The van der Waals surface area contributed by atoms with Crippen LogP contribution in [-0.2, 0) is 14.3 Å². The Hall–Kier alpha value is -1.10. The van der Waals surface area contributed by atoms with Crippen LogP contribution in [0.15, 0.2) is 0 Å². The Balaban J connectivity index is 2.09. The first-order chi connectivity index (χ1) is 6.70. The molecule has 0 aromatic carbocycles. The lowest BCUT2D eigenvalue weighted by Gasteiger charge is -2.25. The van der Waals surface area contributed by atoms with Crippen molar-refractivity contribution in [2.75, 3.05) is 19.8 Å². The average molecular weight is 199 g/mol. The van der Waals surface area contributed by atoms with E-state index in [0.717, 1.165) is 6.42 Å². The molecule has 0 aromatic heterocycles. The van der Waals surface area contributed by atoms with Gasteiger partial charge in [-0.15, -0.1) is 0 Å². The molecule has 0 aliphatic carbocycles. The van der Waals surface area contributed by atoms with Gasteiger partial charge < -0.3 is 14.7 Å².